The minimum Gasteiger partial charge on any atom is -0.383 e. The van der Waals surface area contributed by atoms with Crippen molar-refractivity contribution < 1.29 is 9.72 Å². The van der Waals surface area contributed by atoms with E-state index in [1.54, 1.807) is 6.07 Å². The van der Waals surface area contributed by atoms with Crippen molar-refractivity contribution in [2.45, 2.75) is 38.1 Å². The summed E-state index contributed by atoms with van der Waals surface area (Å²) in [4.78, 5) is 24.3. The number of nitro groups is 1. The van der Waals surface area contributed by atoms with Gasteiger partial charge in [0.15, 0.2) is 0 Å². The first-order valence-electron chi connectivity index (χ1n) is 8.25. The van der Waals surface area contributed by atoms with Crippen molar-refractivity contribution in [3.8, 4) is 0 Å². The van der Waals surface area contributed by atoms with E-state index >= 15 is 0 Å². The molecule has 2 rings (SSSR count). The number of carbonyl (C=O) groups is 1. The van der Waals surface area contributed by atoms with E-state index in [1.807, 2.05) is 0 Å². The lowest BCUT2D eigenvalue weighted by Gasteiger charge is -2.45. The molecule has 7 nitrogen and oxygen atoms in total. The van der Waals surface area contributed by atoms with Crippen LogP contribution in [-0.4, -0.2) is 41.9 Å². The summed E-state index contributed by atoms with van der Waals surface area (Å²) in [6.45, 7) is 2.93. The number of anilines is 1. The van der Waals surface area contributed by atoms with E-state index in [1.165, 1.54) is 25.0 Å². The van der Waals surface area contributed by atoms with Gasteiger partial charge >= 0.3 is 0 Å². The molecule has 0 radical (unpaired) electrons. The number of nitrogens with zero attached hydrogens (tertiary/aromatic N) is 2. The van der Waals surface area contributed by atoms with E-state index in [4.69, 9.17) is 5.73 Å². The van der Waals surface area contributed by atoms with Crippen LogP contribution in [0.25, 0.3) is 0 Å². The predicted molar refractivity (Wildman–Crippen MR) is 94.2 cm³/mol. The van der Waals surface area contributed by atoms with Gasteiger partial charge < -0.3 is 16.0 Å². The molecule has 1 aromatic rings. The molecule has 0 saturated heterocycles. The third-order valence-corrected chi connectivity index (χ3v) is 5.10. The predicted octanol–water partition coefficient (Wildman–Crippen LogP) is 2.62. The number of primary amides is 1. The van der Waals surface area contributed by atoms with Crippen molar-refractivity contribution in [1.82, 2.24) is 4.90 Å². The summed E-state index contributed by atoms with van der Waals surface area (Å²) in [5.74, 6) is -0.0208. The number of benzene rings is 1. The van der Waals surface area contributed by atoms with Gasteiger partial charge in [-0.05, 0) is 38.9 Å². The molecule has 132 valence electrons. The first kappa shape index (κ1) is 18.2. The Balaban J connectivity index is 2.23. The van der Waals surface area contributed by atoms with E-state index in [2.05, 4.69) is 31.2 Å². The van der Waals surface area contributed by atoms with Crippen molar-refractivity contribution >= 4 is 17.3 Å². The number of amides is 1. The molecule has 7 heteroatoms. The Labute approximate surface area is 142 Å². The molecule has 1 aliphatic rings. The Bertz CT molecular complexity index is 632. The normalized spacial score (nSPS) is 23.9. The first-order valence-corrected chi connectivity index (χ1v) is 8.25. The number of hydrogen-bond donors (Lipinski definition) is 2. The average Bonchev–Trinajstić information content (AvgIpc) is 2.52. The molecule has 0 aromatic heterocycles. The fourth-order valence-electron chi connectivity index (χ4n) is 3.62. The van der Waals surface area contributed by atoms with Gasteiger partial charge in [0.05, 0.1) is 10.5 Å². The maximum Gasteiger partial charge on any atom is 0.270 e. The molecular formula is C17H26N4O3. The van der Waals surface area contributed by atoms with Gasteiger partial charge in [0.1, 0.15) is 0 Å². The van der Waals surface area contributed by atoms with Gasteiger partial charge in [0, 0.05) is 29.9 Å². The lowest BCUT2D eigenvalue weighted by atomic mass is 9.75. The van der Waals surface area contributed by atoms with E-state index in [0.717, 1.165) is 12.8 Å². The third kappa shape index (κ3) is 3.84. The van der Waals surface area contributed by atoms with Crippen LogP contribution in [0, 0.1) is 16.0 Å². The third-order valence-electron chi connectivity index (χ3n) is 5.10. The molecule has 0 bridgehead atoms. The number of likely N-dealkylation sites (N-methyl/N-ethyl adjacent to an activating group) is 1. The van der Waals surface area contributed by atoms with Crippen molar-refractivity contribution in [3.63, 3.8) is 0 Å². The Hall–Kier alpha value is -2.15. The fourth-order valence-corrected chi connectivity index (χ4v) is 3.62. The standard InChI is InChI=1S/C17H26N4O3/c1-12-5-4-8-17(10-12,20(2)3)11-19-15-7-6-13(21(23)24)9-14(15)16(18)22/h6-7,9,12,19H,4-5,8,10-11H2,1-3H3,(H2,18,22). The second-order valence-corrected chi connectivity index (χ2v) is 7.03. The Kier molecular flexibility index (Phi) is 5.43. The molecule has 0 heterocycles. The maximum absolute atomic E-state index is 11.7. The monoisotopic (exact) mass is 334 g/mol. The Morgan fingerprint density at radius 2 is 2.21 bits per heavy atom. The molecule has 0 spiro atoms. The molecule has 1 saturated carbocycles. The van der Waals surface area contributed by atoms with Crippen molar-refractivity contribution in [1.29, 1.82) is 0 Å². The van der Waals surface area contributed by atoms with Crippen LogP contribution in [0.4, 0.5) is 11.4 Å². The molecule has 24 heavy (non-hydrogen) atoms. The topological polar surface area (TPSA) is 101 Å². The lowest BCUT2D eigenvalue weighted by molar-refractivity contribution is -0.384. The molecule has 1 amide bonds. The summed E-state index contributed by atoms with van der Waals surface area (Å²) in [5, 5.41) is 14.2. The van der Waals surface area contributed by atoms with E-state index < -0.39 is 10.8 Å². The van der Waals surface area contributed by atoms with Crippen LogP contribution in [0.3, 0.4) is 0 Å². The molecule has 1 aromatic carbocycles. The van der Waals surface area contributed by atoms with Crippen LogP contribution in [-0.2, 0) is 0 Å². The van der Waals surface area contributed by atoms with Crippen molar-refractivity contribution in [2.75, 3.05) is 26.0 Å². The van der Waals surface area contributed by atoms with Crippen LogP contribution in [0.5, 0.6) is 0 Å². The summed E-state index contributed by atoms with van der Waals surface area (Å²) in [6, 6.07) is 4.19. The average molecular weight is 334 g/mol. The number of nitro benzene ring substituents is 1. The SMILES string of the molecule is CC1CCCC(CNc2ccc([N+](=O)[O-])cc2C(N)=O)(N(C)C)C1. The first-order chi connectivity index (χ1) is 11.2. The number of nitrogens with two attached hydrogens (primary N) is 1. The van der Waals surface area contributed by atoms with Crippen LogP contribution in [0.2, 0.25) is 0 Å². The van der Waals surface area contributed by atoms with Crippen LogP contribution >= 0.6 is 0 Å². The van der Waals surface area contributed by atoms with Gasteiger partial charge in [-0.3, -0.25) is 14.9 Å². The highest BCUT2D eigenvalue weighted by Gasteiger charge is 2.37. The summed E-state index contributed by atoms with van der Waals surface area (Å²) < 4.78 is 0. The fraction of sp³-hybridized carbons (Fsp3) is 0.588. The largest absolute Gasteiger partial charge is 0.383 e. The smallest absolute Gasteiger partial charge is 0.270 e. The second-order valence-electron chi connectivity index (χ2n) is 7.03. The van der Waals surface area contributed by atoms with Gasteiger partial charge in [-0.1, -0.05) is 19.8 Å². The second kappa shape index (κ2) is 7.17. The number of non-ortho nitro benzene ring substituents is 1. The summed E-state index contributed by atoms with van der Waals surface area (Å²) in [7, 11) is 4.15. The van der Waals surface area contributed by atoms with E-state index in [9.17, 15) is 14.9 Å². The van der Waals surface area contributed by atoms with Gasteiger partial charge in [0.2, 0.25) is 0 Å². The van der Waals surface area contributed by atoms with Crippen LogP contribution < -0.4 is 11.1 Å². The molecule has 1 aliphatic carbocycles. The van der Waals surface area contributed by atoms with Gasteiger partial charge in [0.25, 0.3) is 11.6 Å². The minimum absolute atomic E-state index is 0.00829. The zero-order chi connectivity index (χ0) is 17.9. The molecule has 3 N–H and O–H groups in total. The molecule has 1 fully saturated rings. The summed E-state index contributed by atoms with van der Waals surface area (Å²) in [5.41, 5.74) is 5.97. The number of hydrogen-bond acceptors (Lipinski definition) is 5. The van der Waals surface area contributed by atoms with Crippen LogP contribution in [0.1, 0.15) is 43.0 Å². The maximum atomic E-state index is 11.7. The molecule has 0 aliphatic heterocycles. The van der Waals surface area contributed by atoms with E-state index in [0.29, 0.717) is 18.2 Å². The Morgan fingerprint density at radius 3 is 2.75 bits per heavy atom. The van der Waals surface area contributed by atoms with Gasteiger partial charge in [-0.25, -0.2) is 0 Å². The number of rotatable bonds is 6. The zero-order valence-corrected chi connectivity index (χ0v) is 14.5. The molecule has 2 unspecified atom stereocenters. The minimum atomic E-state index is -0.669. The molecule has 2 atom stereocenters. The highest BCUT2D eigenvalue weighted by Crippen LogP contribution is 2.36. The highest BCUT2D eigenvalue weighted by atomic mass is 16.6. The lowest BCUT2D eigenvalue weighted by Crippen LogP contribution is -2.52. The molecular weight excluding hydrogens is 308 g/mol. The highest BCUT2D eigenvalue weighted by molar-refractivity contribution is 5.99. The van der Waals surface area contributed by atoms with Gasteiger partial charge in [-0.2, -0.15) is 0 Å². The quantitative estimate of drug-likeness (QED) is 0.615. The number of nitrogens with one attached hydrogen (secondary N) is 1. The van der Waals surface area contributed by atoms with Crippen molar-refractivity contribution in [2.24, 2.45) is 11.7 Å². The van der Waals surface area contributed by atoms with Gasteiger partial charge in [-0.15, -0.1) is 0 Å². The van der Waals surface area contributed by atoms with Crippen LogP contribution in [0.15, 0.2) is 18.2 Å². The van der Waals surface area contributed by atoms with E-state index in [-0.39, 0.29) is 16.8 Å². The summed E-state index contributed by atoms with van der Waals surface area (Å²) in [6.07, 6.45) is 4.56. The van der Waals surface area contributed by atoms with Crippen molar-refractivity contribution in [3.05, 3.63) is 33.9 Å². The Morgan fingerprint density at radius 1 is 1.50 bits per heavy atom. The zero-order valence-electron chi connectivity index (χ0n) is 14.5. The summed E-state index contributed by atoms with van der Waals surface area (Å²) >= 11 is 0. The number of carbonyl (C=O) groups excluding carboxylic acids is 1.